The smallest absolute Gasteiger partial charge is 0.337 e. The molecule has 2 aromatic rings. The lowest BCUT2D eigenvalue weighted by atomic mass is 10.1. The zero-order valence-electron chi connectivity index (χ0n) is 10.1. The Labute approximate surface area is 114 Å². The molecule has 0 spiro atoms. The molecule has 3 nitrogen and oxygen atoms in total. The summed E-state index contributed by atoms with van der Waals surface area (Å²) < 4.78 is 13.6. The highest BCUT2D eigenvalue weighted by molar-refractivity contribution is 6.31. The van der Waals surface area contributed by atoms with Crippen LogP contribution in [0.4, 0.5) is 15.8 Å². The number of hydrogen-bond donors (Lipinski definition) is 2. The molecule has 0 saturated heterocycles. The van der Waals surface area contributed by atoms with Gasteiger partial charge in [-0.2, -0.15) is 0 Å². The van der Waals surface area contributed by atoms with Crippen LogP contribution in [0.5, 0.6) is 0 Å². The lowest BCUT2D eigenvalue weighted by Gasteiger charge is -2.11. The average Bonchev–Trinajstić information content (AvgIpc) is 2.35. The SMILES string of the molecule is Cc1ccc(F)c(Nc2ccc(Cl)cc2C(=O)O)c1. The van der Waals surface area contributed by atoms with Gasteiger partial charge in [0.2, 0.25) is 0 Å². The third kappa shape index (κ3) is 3.03. The van der Waals surface area contributed by atoms with Gasteiger partial charge in [-0.25, -0.2) is 9.18 Å². The highest BCUT2D eigenvalue weighted by Gasteiger charge is 2.12. The second-order valence-electron chi connectivity index (χ2n) is 4.10. The number of rotatable bonds is 3. The van der Waals surface area contributed by atoms with Gasteiger partial charge < -0.3 is 10.4 Å². The first-order chi connectivity index (χ1) is 8.97. The Morgan fingerprint density at radius 1 is 1.21 bits per heavy atom. The lowest BCUT2D eigenvalue weighted by molar-refractivity contribution is 0.0698. The minimum atomic E-state index is -1.13. The molecule has 0 aliphatic heterocycles. The molecule has 0 aliphatic rings. The van der Waals surface area contributed by atoms with E-state index >= 15 is 0 Å². The number of carboxylic acid groups (broad SMARTS) is 1. The van der Waals surface area contributed by atoms with E-state index in [1.54, 1.807) is 18.2 Å². The van der Waals surface area contributed by atoms with Crippen LogP contribution in [-0.2, 0) is 0 Å². The molecule has 0 unspecified atom stereocenters. The van der Waals surface area contributed by atoms with E-state index in [2.05, 4.69) is 5.32 Å². The topological polar surface area (TPSA) is 49.3 Å². The zero-order chi connectivity index (χ0) is 14.0. The van der Waals surface area contributed by atoms with Crippen LogP contribution < -0.4 is 5.32 Å². The van der Waals surface area contributed by atoms with Crippen molar-refractivity contribution in [1.29, 1.82) is 0 Å². The van der Waals surface area contributed by atoms with Crippen molar-refractivity contribution >= 4 is 28.9 Å². The summed E-state index contributed by atoms with van der Waals surface area (Å²) in [5.74, 6) is -1.57. The number of benzene rings is 2. The van der Waals surface area contributed by atoms with Crippen molar-refractivity contribution in [3.05, 3.63) is 58.4 Å². The quantitative estimate of drug-likeness (QED) is 0.884. The van der Waals surface area contributed by atoms with Gasteiger partial charge in [0.15, 0.2) is 0 Å². The number of nitrogens with one attached hydrogen (secondary N) is 1. The molecular weight excluding hydrogens is 269 g/mol. The maximum atomic E-state index is 13.6. The molecule has 2 N–H and O–H groups in total. The molecule has 2 aromatic carbocycles. The third-order valence-electron chi connectivity index (χ3n) is 2.60. The van der Waals surface area contributed by atoms with Gasteiger partial charge in [-0.1, -0.05) is 17.7 Å². The molecule has 19 heavy (non-hydrogen) atoms. The van der Waals surface area contributed by atoms with E-state index in [1.807, 2.05) is 6.92 Å². The summed E-state index contributed by atoms with van der Waals surface area (Å²) >= 11 is 5.76. The fourth-order valence-electron chi connectivity index (χ4n) is 1.68. The van der Waals surface area contributed by atoms with Gasteiger partial charge in [0.25, 0.3) is 0 Å². The summed E-state index contributed by atoms with van der Waals surface area (Å²) in [7, 11) is 0. The largest absolute Gasteiger partial charge is 0.478 e. The van der Waals surface area contributed by atoms with Gasteiger partial charge in [0, 0.05) is 5.02 Å². The molecule has 2 rings (SSSR count). The summed E-state index contributed by atoms with van der Waals surface area (Å²) in [5.41, 5.74) is 1.38. The second kappa shape index (κ2) is 5.28. The Bertz CT molecular complexity index is 643. The van der Waals surface area contributed by atoms with Crippen LogP contribution in [0.15, 0.2) is 36.4 Å². The standard InChI is InChI=1S/C14H11ClFNO2/c1-8-2-4-11(16)13(6-8)17-12-5-3-9(15)7-10(12)14(18)19/h2-7,17H,1H3,(H,18,19). The van der Waals surface area contributed by atoms with E-state index in [-0.39, 0.29) is 11.3 Å². The Morgan fingerprint density at radius 3 is 2.63 bits per heavy atom. The fraction of sp³-hybridized carbons (Fsp3) is 0.0714. The van der Waals surface area contributed by atoms with Crippen molar-refractivity contribution in [2.75, 3.05) is 5.32 Å². The number of hydrogen-bond acceptors (Lipinski definition) is 2. The fourth-order valence-corrected chi connectivity index (χ4v) is 1.85. The van der Waals surface area contributed by atoms with Crippen LogP contribution >= 0.6 is 11.6 Å². The number of halogens is 2. The van der Waals surface area contributed by atoms with E-state index in [4.69, 9.17) is 16.7 Å². The molecule has 0 amide bonds. The Balaban J connectivity index is 2.43. The van der Waals surface area contributed by atoms with E-state index in [0.717, 1.165) is 5.56 Å². The average molecular weight is 280 g/mol. The second-order valence-corrected chi connectivity index (χ2v) is 4.54. The van der Waals surface area contributed by atoms with E-state index < -0.39 is 11.8 Å². The van der Waals surface area contributed by atoms with Crippen LogP contribution in [0, 0.1) is 12.7 Å². The Morgan fingerprint density at radius 2 is 1.95 bits per heavy atom. The highest BCUT2D eigenvalue weighted by atomic mass is 35.5. The number of carboxylic acids is 1. The monoisotopic (exact) mass is 279 g/mol. The lowest BCUT2D eigenvalue weighted by Crippen LogP contribution is -2.03. The summed E-state index contributed by atoms with van der Waals surface area (Å²) in [6.07, 6.45) is 0. The summed E-state index contributed by atoms with van der Waals surface area (Å²) in [6, 6.07) is 8.95. The Hall–Kier alpha value is -2.07. The first kappa shape index (κ1) is 13.4. The molecular formula is C14H11ClFNO2. The molecule has 0 aromatic heterocycles. The van der Waals surface area contributed by atoms with Gasteiger partial charge in [-0.3, -0.25) is 0 Å². The molecule has 0 saturated carbocycles. The summed E-state index contributed by atoms with van der Waals surface area (Å²) in [6.45, 7) is 1.82. The Kier molecular flexibility index (Phi) is 3.71. The molecule has 0 fully saturated rings. The van der Waals surface area contributed by atoms with Crippen molar-refractivity contribution in [2.24, 2.45) is 0 Å². The van der Waals surface area contributed by atoms with Crippen molar-refractivity contribution in [3.63, 3.8) is 0 Å². The predicted octanol–water partition coefficient (Wildman–Crippen LogP) is 4.23. The van der Waals surface area contributed by atoms with Crippen molar-refractivity contribution < 1.29 is 14.3 Å². The van der Waals surface area contributed by atoms with Crippen LogP contribution in [0.2, 0.25) is 5.02 Å². The molecule has 0 bridgehead atoms. The first-order valence-corrected chi connectivity index (χ1v) is 5.91. The van der Waals surface area contributed by atoms with Gasteiger partial charge >= 0.3 is 5.97 Å². The van der Waals surface area contributed by atoms with Crippen LogP contribution in [0.1, 0.15) is 15.9 Å². The van der Waals surface area contributed by atoms with E-state index in [0.29, 0.717) is 10.7 Å². The molecule has 98 valence electrons. The predicted molar refractivity (Wildman–Crippen MR) is 72.8 cm³/mol. The van der Waals surface area contributed by atoms with Gasteiger partial charge in [0.05, 0.1) is 16.9 Å². The number of anilines is 2. The van der Waals surface area contributed by atoms with Crippen molar-refractivity contribution in [2.45, 2.75) is 6.92 Å². The zero-order valence-corrected chi connectivity index (χ0v) is 10.8. The molecule has 0 heterocycles. The maximum absolute atomic E-state index is 13.6. The number of carbonyl (C=O) groups is 1. The van der Waals surface area contributed by atoms with E-state index in [9.17, 15) is 9.18 Å². The van der Waals surface area contributed by atoms with Gasteiger partial charge in [0.1, 0.15) is 5.82 Å². The highest BCUT2D eigenvalue weighted by Crippen LogP contribution is 2.26. The molecule has 0 radical (unpaired) electrons. The molecule has 0 aliphatic carbocycles. The summed E-state index contributed by atoms with van der Waals surface area (Å²) in [4.78, 5) is 11.1. The van der Waals surface area contributed by atoms with Gasteiger partial charge in [-0.05, 0) is 42.8 Å². The minimum Gasteiger partial charge on any atom is -0.478 e. The van der Waals surface area contributed by atoms with Crippen LogP contribution in [-0.4, -0.2) is 11.1 Å². The minimum absolute atomic E-state index is 0.00611. The maximum Gasteiger partial charge on any atom is 0.337 e. The molecule has 0 atom stereocenters. The number of aryl methyl sites for hydroxylation is 1. The third-order valence-corrected chi connectivity index (χ3v) is 2.84. The van der Waals surface area contributed by atoms with Crippen molar-refractivity contribution in [3.8, 4) is 0 Å². The van der Waals surface area contributed by atoms with Crippen LogP contribution in [0.3, 0.4) is 0 Å². The summed E-state index contributed by atoms with van der Waals surface area (Å²) in [5, 5.41) is 12.2. The van der Waals surface area contributed by atoms with E-state index in [1.165, 1.54) is 18.2 Å². The molecule has 5 heteroatoms. The normalized spacial score (nSPS) is 10.3. The van der Waals surface area contributed by atoms with Crippen LogP contribution in [0.25, 0.3) is 0 Å². The van der Waals surface area contributed by atoms with Crippen molar-refractivity contribution in [1.82, 2.24) is 0 Å². The number of aromatic carboxylic acids is 1. The van der Waals surface area contributed by atoms with Gasteiger partial charge in [-0.15, -0.1) is 0 Å². The first-order valence-electron chi connectivity index (χ1n) is 5.53.